The fraction of sp³-hybridized carbons (Fsp3) is 0.903. The van der Waals surface area contributed by atoms with Crippen LogP contribution in [-0.2, 0) is 42.5 Å². The number of rotatable bonds is 10. The number of carbonyl (C=O) groups is 3. The molecule has 1 aliphatic heterocycles. The second-order valence-electron chi connectivity index (χ2n) is 15.3. The molecule has 0 radical (unpaired) electrons. The molecule has 240 valence electrons. The summed E-state index contributed by atoms with van der Waals surface area (Å²) < 4.78 is 36.9. The number of hydrogen-bond acceptors (Lipinski definition) is 9. The van der Waals surface area contributed by atoms with E-state index in [2.05, 4.69) is 41.5 Å². The van der Waals surface area contributed by atoms with E-state index in [1.807, 2.05) is 0 Å². The van der Waals surface area contributed by atoms with Crippen LogP contribution in [0.25, 0.3) is 0 Å². The molecular formula is C31H58O9Si. The molecule has 0 amide bonds. The van der Waals surface area contributed by atoms with E-state index in [9.17, 15) is 14.4 Å². The molecule has 9 nitrogen and oxygen atoms in total. The van der Waals surface area contributed by atoms with Gasteiger partial charge in [-0.05, 0) is 78.9 Å². The van der Waals surface area contributed by atoms with E-state index in [1.54, 1.807) is 62.3 Å². The van der Waals surface area contributed by atoms with Crippen LogP contribution in [0, 0.1) is 16.2 Å². The Kier molecular flexibility index (Phi) is 12.7. The third kappa shape index (κ3) is 9.24. The lowest BCUT2D eigenvalue weighted by Gasteiger charge is -2.48. The standard InChI is InChI=1S/C31H58O9Si/c1-18(2)41(19(3)4,20(5)6)36-17-21-22(38-26(32)29(7,8)9)23(39-27(33)30(10,11)12)24(25(35-16)37-21)40-28(34)31(13,14)15/h18-25H,17H2,1-16H3/t21?,22-,23-,24?,25+/m1/s1. The van der Waals surface area contributed by atoms with Gasteiger partial charge in [-0.2, -0.15) is 0 Å². The predicted octanol–water partition coefficient (Wildman–Crippen LogP) is 6.42. The number of ether oxygens (including phenoxy) is 5. The van der Waals surface area contributed by atoms with Gasteiger partial charge in [0.15, 0.2) is 32.9 Å². The first-order valence-corrected chi connectivity index (χ1v) is 17.0. The molecular weight excluding hydrogens is 544 g/mol. The van der Waals surface area contributed by atoms with Crippen LogP contribution in [0.2, 0.25) is 16.6 Å². The lowest BCUT2D eigenvalue weighted by molar-refractivity contribution is -0.305. The normalized spacial score (nSPS) is 24.5. The van der Waals surface area contributed by atoms with Crippen molar-refractivity contribution in [3.05, 3.63) is 0 Å². The molecule has 1 aliphatic rings. The molecule has 0 spiro atoms. The van der Waals surface area contributed by atoms with Crippen molar-refractivity contribution >= 4 is 26.2 Å². The predicted molar refractivity (Wildman–Crippen MR) is 161 cm³/mol. The summed E-state index contributed by atoms with van der Waals surface area (Å²) in [7, 11) is -0.926. The van der Waals surface area contributed by atoms with Crippen molar-refractivity contribution < 1.29 is 42.5 Å². The number of esters is 3. The highest BCUT2D eigenvalue weighted by Crippen LogP contribution is 2.43. The average molecular weight is 603 g/mol. The summed E-state index contributed by atoms with van der Waals surface area (Å²) in [4.78, 5) is 39.6. The first-order valence-electron chi connectivity index (χ1n) is 14.9. The van der Waals surface area contributed by atoms with E-state index >= 15 is 0 Å². The highest BCUT2D eigenvalue weighted by molar-refractivity contribution is 6.77. The second-order valence-corrected chi connectivity index (χ2v) is 20.7. The number of hydrogen-bond donors (Lipinski definition) is 0. The van der Waals surface area contributed by atoms with Gasteiger partial charge in [-0.15, -0.1) is 0 Å². The molecule has 0 aromatic carbocycles. The Balaban J connectivity index is 3.73. The van der Waals surface area contributed by atoms with Crippen LogP contribution in [0.15, 0.2) is 0 Å². The molecule has 0 aromatic heterocycles. The molecule has 10 heteroatoms. The van der Waals surface area contributed by atoms with Crippen LogP contribution in [0.3, 0.4) is 0 Å². The van der Waals surface area contributed by atoms with Crippen molar-refractivity contribution in [2.45, 2.75) is 151 Å². The topological polar surface area (TPSA) is 107 Å². The van der Waals surface area contributed by atoms with Crippen LogP contribution in [0.1, 0.15) is 104 Å². The van der Waals surface area contributed by atoms with Crippen molar-refractivity contribution in [1.82, 2.24) is 0 Å². The van der Waals surface area contributed by atoms with Gasteiger partial charge in [-0.3, -0.25) is 14.4 Å². The molecule has 1 heterocycles. The van der Waals surface area contributed by atoms with E-state index in [-0.39, 0.29) is 6.61 Å². The van der Waals surface area contributed by atoms with Gasteiger partial charge in [0.25, 0.3) is 0 Å². The van der Waals surface area contributed by atoms with Gasteiger partial charge in [0, 0.05) is 7.11 Å². The summed E-state index contributed by atoms with van der Waals surface area (Å²) in [5, 5.41) is 0. The van der Waals surface area contributed by atoms with E-state index in [0.717, 1.165) is 0 Å². The van der Waals surface area contributed by atoms with Gasteiger partial charge < -0.3 is 28.1 Å². The summed E-state index contributed by atoms with van der Waals surface area (Å²) in [5.41, 5.74) is -1.68. The molecule has 2 unspecified atom stereocenters. The van der Waals surface area contributed by atoms with Gasteiger partial charge in [0.05, 0.1) is 22.9 Å². The number of methoxy groups -OCH3 is 1. The van der Waals surface area contributed by atoms with Crippen LogP contribution < -0.4 is 0 Å². The van der Waals surface area contributed by atoms with E-state index in [1.165, 1.54) is 7.11 Å². The fourth-order valence-electron chi connectivity index (χ4n) is 5.23. The van der Waals surface area contributed by atoms with Crippen LogP contribution in [-0.4, -0.2) is 70.6 Å². The SMILES string of the molecule is CO[C@H]1OC(CO[Si](C(C)C)(C(C)C)C(C)C)[C@@H](OC(=O)C(C)(C)C)[C@@H](OC(=O)C(C)(C)C)C1OC(=O)C(C)(C)C. The molecule has 0 aliphatic carbocycles. The minimum absolute atomic E-state index is 0.0895. The Morgan fingerprint density at radius 1 is 0.634 bits per heavy atom. The molecule has 0 aromatic rings. The Morgan fingerprint density at radius 3 is 1.29 bits per heavy atom. The maximum absolute atomic E-state index is 13.3. The molecule has 0 N–H and O–H groups in total. The van der Waals surface area contributed by atoms with E-state index in [4.69, 9.17) is 28.1 Å². The zero-order chi connectivity index (χ0) is 32.3. The lowest BCUT2D eigenvalue weighted by atomic mass is 9.93. The first-order chi connectivity index (χ1) is 18.4. The average Bonchev–Trinajstić information content (AvgIpc) is 2.79. The Labute approximate surface area is 249 Å². The summed E-state index contributed by atoms with van der Waals surface area (Å²) in [6.45, 7) is 28.7. The van der Waals surface area contributed by atoms with E-state index < -0.39 is 73.2 Å². The molecule has 5 atom stereocenters. The highest BCUT2D eigenvalue weighted by atomic mass is 28.4. The Morgan fingerprint density at radius 2 is 0.976 bits per heavy atom. The van der Waals surface area contributed by atoms with Gasteiger partial charge >= 0.3 is 17.9 Å². The quantitative estimate of drug-likeness (QED) is 0.159. The highest BCUT2D eigenvalue weighted by Gasteiger charge is 2.55. The minimum Gasteiger partial charge on any atom is -0.455 e. The minimum atomic E-state index is -2.36. The first kappa shape index (κ1) is 37.5. The molecule has 1 rings (SSSR count). The van der Waals surface area contributed by atoms with Crippen molar-refractivity contribution in [2.24, 2.45) is 16.2 Å². The number of carbonyl (C=O) groups excluding carboxylic acids is 3. The van der Waals surface area contributed by atoms with Crippen molar-refractivity contribution in [1.29, 1.82) is 0 Å². The van der Waals surface area contributed by atoms with Crippen molar-refractivity contribution in [3.8, 4) is 0 Å². The zero-order valence-corrected chi connectivity index (χ0v) is 29.5. The third-order valence-corrected chi connectivity index (χ3v) is 13.7. The largest absolute Gasteiger partial charge is 0.455 e. The van der Waals surface area contributed by atoms with Gasteiger partial charge in [-0.25, -0.2) is 0 Å². The van der Waals surface area contributed by atoms with Gasteiger partial charge in [0.2, 0.25) is 0 Å². The van der Waals surface area contributed by atoms with Crippen molar-refractivity contribution in [3.63, 3.8) is 0 Å². The van der Waals surface area contributed by atoms with Crippen LogP contribution in [0.5, 0.6) is 0 Å². The fourth-order valence-corrected chi connectivity index (χ4v) is 10.7. The van der Waals surface area contributed by atoms with E-state index in [0.29, 0.717) is 16.6 Å². The molecule has 1 saturated heterocycles. The van der Waals surface area contributed by atoms with Crippen LogP contribution in [0.4, 0.5) is 0 Å². The third-order valence-electron chi connectivity index (χ3n) is 7.59. The smallest absolute Gasteiger partial charge is 0.311 e. The second kappa shape index (κ2) is 13.9. The summed E-state index contributed by atoms with van der Waals surface area (Å²) in [5.74, 6) is -1.58. The van der Waals surface area contributed by atoms with Gasteiger partial charge in [-0.1, -0.05) is 41.5 Å². The molecule has 1 fully saturated rings. The zero-order valence-electron chi connectivity index (χ0n) is 28.5. The Bertz CT molecular complexity index is 871. The van der Waals surface area contributed by atoms with Gasteiger partial charge in [0.1, 0.15) is 6.10 Å². The van der Waals surface area contributed by atoms with Crippen molar-refractivity contribution in [2.75, 3.05) is 13.7 Å². The monoisotopic (exact) mass is 602 g/mol. The molecule has 0 saturated carbocycles. The molecule has 0 bridgehead atoms. The Hall–Kier alpha value is -1.49. The summed E-state index contributed by atoms with van der Waals surface area (Å²) in [6.07, 6.45) is -5.44. The summed E-state index contributed by atoms with van der Waals surface area (Å²) in [6, 6.07) is 0. The maximum atomic E-state index is 13.3. The summed E-state index contributed by atoms with van der Waals surface area (Å²) >= 11 is 0. The maximum Gasteiger partial charge on any atom is 0.311 e. The van der Waals surface area contributed by atoms with Crippen LogP contribution >= 0.6 is 0 Å². The molecule has 41 heavy (non-hydrogen) atoms. The lowest BCUT2D eigenvalue weighted by Crippen LogP contribution is -2.64.